The minimum absolute atomic E-state index is 0.0364. The Hall–Kier alpha value is -2.22. The number of nitrogens with zero attached hydrogens (tertiary/aromatic N) is 1. The molecule has 0 saturated carbocycles. The Kier molecular flexibility index (Phi) is 5.15. The van der Waals surface area contributed by atoms with Gasteiger partial charge >= 0.3 is 5.97 Å². The lowest BCUT2D eigenvalue weighted by atomic mass is 10.1. The molecular formula is C15H15BrN2O5. The quantitative estimate of drug-likeness (QED) is 0.723. The third kappa shape index (κ3) is 3.76. The summed E-state index contributed by atoms with van der Waals surface area (Å²) in [6.45, 7) is 1.47. The number of halogens is 1. The number of fused-ring (bicyclic) bond motifs is 1. The molecule has 0 aliphatic carbocycles. The van der Waals surface area contributed by atoms with E-state index in [4.69, 9.17) is 5.11 Å². The fourth-order valence-corrected chi connectivity index (χ4v) is 2.60. The van der Waals surface area contributed by atoms with Gasteiger partial charge in [-0.05, 0) is 31.5 Å². The van der Waals surface area contributed by atoms with Gasteiger partial charge in [-0.2, -0.15) is 0 Å². The molecule has 122 valence electrons. The van der Waals surface area contributed by atoms with Gasteiger partial charge in [0, 0.05) is 17.4 Å². The lowest BCUT2D eigenvalue weighted by molar-refractivity contribution is -0.141. The maximum absolute atomic E-state index is 12.2. The minimum atomic E-state index is -1.12. The van der Waals surface area contributed by atoms with Crippen LogP contribution < -0.4 is 5.32 Å². The predicted octanol–water partition coefficient (Wildman–Crippen LogP) is 1.41. The zero-order valence-electron chi connectivity index (χ0n) is 12.3. The summed E-state index contributed by atoms with van der Waals surface area (Å²) in [6, 6.07) is 3.89. The van der Waals surface area contributed by atoms with Crippen LogP contribution in [-0.2, 0) is 9.59 Å². The van der Waals surface area contributed by atoms with Crippen LogP contribution in [-0.4, -0.2) is 46.3 Å². The van der Waals surface area contributed by atoms with E-state index in [0.29, 0.717) is 15.6 Å². The number of carboxylic acids is 1. The fraction of sp³-hybridized carbons (Fsp3) is 0.333. The van der Waals surface area contributed by atoms with E-state index in [0.717, 1.165) is 4.90 Å². The molecule has 0 bridgehead atoms. The lowest BCUT2D eigenvalue weighted by Crippen LogP contribution is -2.38. The average Bonchev–Trinajstić information content (AvgIpc) is 2.71. The highest BCUT2D eigenvalue weighted by atomic mass is 79.9. The fourth-order valence-electron chi connectivity index (χ4n) is 2.24. The van der Waals surface area contributed by atoms with E-state index in [-0.39, 0.29) is 31.2 Å². The van der Waals surface area contributed by atoms with Crippen molar-refractivity contribution in [3.63, 3.8) is 0 Å². The van der Waals surface area contributed by atoms with Crippen LogP contribution in [0.3, 0.4) is 0 Å². The molecule has 23 heavy (non-hydrogen) atoms. The molecule has 2 N–H and O–H groups in total. The molecule has 0 saturated heterocycles. The van der Waals surface area contributed by atoms with Crippen molar-refractivity contribution >= 4 is 39.6 Å². The second-order valence-electron chi connectivity index (χ2n) is 5.18. The highest BCUT2D eigenvalue weighted by Gasteiger charge is 2.35. The van der Waals surface area contributed by atoms with Crippen molar-refractivity contribution in [1.82, 2.24) is 10.2 Å². The first-order valence-corrected chi connectivity index (χ1v) is 7.78. The monoisotopic (exact) mass is 382 g/mol. The highest BCUT2D eigenvalue weighted by molar-refractivity contribution is 9.10. The molecule has 8 heteroatoms. The summed E-state index contributed by atoms with van der Waals surface area (Å²) in [5.41, 5.74) is 0.690. The molecule has 2 rings (SSSR count). The Labute approximate surface area is 140 Å². The summed E-state index contributed by atoms with van der Waals surface area (Å²) in [5, 5.41) is 11.0. The number of aliphatic carboxylic acids is 1. The van der Waals surface area contributed by atoms with Crippen molar-refractivity contribution in [1.29, 1.82) is 0 Å². The van der Waals surface area contributed by atoms with E-state index in [1.54, 1.807) is 18.2 Å². The molecule has 1 aromatic carbocycles. The van der Waals surface area contributed by atoms with Crippen LogP contribution >= 0.6 is 15.9 Å². The van der Waals surface area contributed by atoms with Crippen LogP contribution in [0.1, 0.15) is 40.5 Å². The first kappa shape index (κ1) is 17.1. The largest absolute Gasteiger partial charge is 0.480 e. The first-order valence-electron chi connectivity index (χ1n) is 6.99. The number of carboxylic acid groups (broad SMARTS) is 1. The topological polar surface area (TPSA) is 104 Å². The number of carbonyl (C=O) groups is 4. The Bertz CT molecular complexity index is 688. The molecule has 1 unspecified atom stereocenters. The Balaban J connectivity index is 1.90. The van der Waals surface area contributed by atoms with E-state index in [2.05, 4.69) is 21.2 Å². The number of rotatable bonds is 6. The number of nitrogens with one attached hydrogen (secondary N) is 1. The molecule has 3 amide bonds. The standard InChI is InChI=1S/C15H15BrN2O5/c1-8(15(22)23)17-12(19)3-2-6-18-13(20)10-5-4-9(16)7-11(10)14(18)21/h4-5,7-8H,2-3,6H2,1H3,(H,17,19)(H,22,23). The van der Waals surface area contributed by atoms with Crippen LogP contribution in [0.2, 0.25) is 0 Å². The minimum Gasteiger partial charge on any atom is -0.480 e. The number of hydrogen-bond donors (Lipinski definition) is 2. The zero-order chi connectivity index (χ0) is 17.1. The summed E-state index contributed by atoms with van der Waals surface area (Å²) in [6.07, 6.45) is 0.305. The second-order valence-corrected chi connectivity index (χ2v) is 6.10. The van der Waals surface area contributed by atoms with E-state index < -0.39 is 17.9 Å². The number of carbonyl (C=O) groups excluding carboxylic acids is 3. The van der Waals surface area contributed by atoms with Crippen LogP contribution in [0.5, 0.6) is 0 Å². The first-order chi connectivity index (χ1) is 10.8. The molecule has 1 aliphatic rings. The summed E-state index contributed by atoms with van der Waals surface area (Å²) in [5.74, 6) is -2.31. The Morgan fingerprint density at radius 2 is 1.91 bits per heavy atom. The summed E-state index contributed by atoms with van der Waals surface area (Å²) in [4.78, 5) is 47.7. The van der Waals surface area contributed by atoms with Crippen molar-refractivity contribution in [2.24, 2.45) is 0 Å². The van der Waals surface area contributed by atoms with Crippen LogP contribution in [0.25, 0.3) is 0 Å². The average molecular weight is 383 g/mol. The molecule has 1 aromatic rings. The molecule has 0 radical (unpaired) electrons. The Morgan fingerprint density at radius 3 is 2.57 bits per heavy atom. The lowest BCUT2D eigenvalue weighted by Gasteiger charge is -2.14. The van der Waals surface area contributed by atoms with Gasteiger partial charge < -0.3 is 10.4 Å². The third-order valence-electron chi connectivity index (χ3n) is 3.47. The maximum atomic E-state index is 12.2. The van der Waals surface area contributed by atoms with E-state index in [9.17, 15) is 19.2 Å². The smallest absolute Gasteiger partial charge is 0.325 e. The number of benzene rings is 1. The van der Waals surface area contributed by atoms with E-state index in [1.165, 1.54) is 6.92 Å². The van der Waals surface area contributed by atoms with Crippen molar-refractivity contribution in [2.75, 3.05) is 6.54 Å². The second kappa shape index (κ2) is 6.91. The molecule has 0 aromatic heterocycles. The van der Waals surface area contributed by atoms with Gasteiger partial charge in [0.15, 0.2) is 0 Å². The highest BCUT2D eigenvalue weighted by Crippen LogP contribution is 2.26. The number of hydrogen-bond acceptors (Lipinski definition) is 4. The van der Waals surface area contributed by atoms with Gasteiger partial charge in [0.25, 0.3) is 11.8 Å². The molecule has 1 aliphatic heterocycles. The van der Waals surface area contributed by atoms with Gasteiger partial charge in [-0.15, -0.1) is 0 Å². The normalized spacial score (nSPS) is 14.6. The zero-order valence-corrected chi connectivity index (χ0v) is 13.9. The van der Waals surface area contributed by atoms with Crippen LogP contribution in [0.15, 0.2) is 22.7 Å². The summed E-state index contributed by atoms with van der Waals surface area (Å²) >= 11 is 3.26. The van der Waals surface area contributed by atoms with Crippen molar-refractivity contribution in [2.45, 2.75) is 25.8 Å². The van der Waals surface area contributed by atoms with E-state index in [1.807, 2.05) is 0 Å². The van der Waals surface area contributed by atoms with Crippen molar-refractivity contribution < 1.29 is 24.3 Å². The van der Waals surface area contributed by atoms with Gasteiger partial charge in [-0.3, -0.25) is 24.1 Å². The third-order valence-corrected chi connectivity index (χ3v) is 3.96. The molecule has 1 heterocycles. The van der Waals surface area contributed by atoms with Gasteiger partial charge in [-0.25, -0.2) is 0 Å². The van der Waals surface area contributed by atoms with Gasteiger partial charge in [0.1, 0.15) is 6.04 Å². The van der Waals surface area contributed by atoms with Crippen molar-refractivity contribution in [3.05, 3.63) is 33.8 Å². The molecule has 1 atom stereocenters. The number of amides is 3. The Morgan fingerprint density at radius 1 is 1.26 bits per heavy atom. The SMILES string of the molecule is CC(NC(=O)CCCN1C(=O)c2ccc(Br)cc2C1=O)C(=O)O. The van der Waals surface area contributed by atoms with Gasteiger partial charge in [0.2, 0.25) is 5.91 Å². The maximum Gasteiger partial charge on any atom is 0.325 e. The summed E-state index contributed by atoms with van der Waals surface area (Å²) < 4.78 is 0.710. The molecule has 7 nitrogen and oxygen atoms in total. The molecule has 0 fully saturated rings. The van der Waals surface area contributed by atoms with E-state index >= 15 is 0 Å². The van der Waals surface area contributed by atoms with Gasteiger partial charge in [-0.1, -0.05) is 15.9 Å². The molecular weight excluding hydrogens is 368 g/mol. The number of imide groups is 1. The molecule has 0 spiro atoms. The van der Waals surface area contributed by atoms with Gasteiger partial charge in [0.05, 0.1) is 11.1 Å². The van der Waals surface area contributed by atoms with Crippen molar-refractivity contribution in [3.8, 4) is 0 Å². The van der Waals surface area contributed by atoms with Crippen LogP contribution in [0, 0.1) is 0 Å². The summed E-state index contributed by atoms with van der Waals surface area (Å²) in [7, 11) is 0. The predicted molar refractivity (Wildman–Crippen MR) is 84.0 cm³/mol. The van der Waals surface area contributed by atoms with Crippen LogP contribution in [0.4, 0.5) is 0 Å².